The number of amides is 1. The second kappa shape index (κ2) is 6.97. The highest BCUT2D eigenvalue weighted by atomic mass is 32.2. The maximum Gasteiger partial charge on any atom is 0.277 e. The number of carbonyl (C=O) groups excluding carboxylic acids is 1. The number of thiazole rings is 1. The van der Waals surface area contributed by atoms with Crippen LogP contribution < -0.4 is 0 Å². The minimum atomic E-state index is 0.0473. The predicted molar refractivity (Wildman–Crippen MR) is 88.2 cm³/mol. The molecule has 120 valence electrons. The molecular formula is C14H15N5O2S2. The molecule has 0 saturated carbocycles. The van der Waals surface area contributed by atoms with Gasteiger partial charge in [0.2, 0.25) is 5.91 Å². The maximum atomic E-state index is 11.7. The Morgan fingerprint density at radius 3 is 3.04 bits per heavy atom. The van der Waals surface area contributed by atoms with E-state index < -0.39 is 0 Å². The van der Waals surface area contributed by atoms with Crippen molar-refractivity contribution in [3.8, 4) is 11.6 Å². The summed E-state index contributed by atoms with van der Waals surface area (Å²) in [5.41, 5.74) is 1.70. The number of H-pyrrole nitrogens is 1. The molecule has 0 spiro atoms. The molecule has 0 saturated heterocycles. The van der Waals surface area contributed by atoms with E-state index >= 15 is 0 Å². The normalized spacial score (nSPS) is 10.9. The minimum absolute atomic E-state index is 0.0473. The Bertz CT molecular complexity index is 779. The third-order valence-electron chi connectivity index (χ3n) is 2.98. The molecule has 0 aromatic carbocycles. The van der Waals surface area contributed by atoms with Crippen molar-refractivity contribution in [2.75, 3.05) is 14.1 Å². The molecule has 0 aliphatic rings. The van der Waals surface area contributed by atoms with E-state index in [1.54, 1.807) is 25.2 Å². The zero-order valence-corrected chi connectivity index (χ0v) is 14.3. The van der Waals surface area contributed by atoms with Crippen molar-refractivity contribution in [3.05, 3.63) is 34.4 Å². The monoisotopic (exact) mass is 349 g/mol. The molecule has 0 aliphatic heterocycles. The number of hydrogen-bond acceptors (Lipinski definition) is 7. The van der Waals surface area contributed by atoms with E-state index in [1.165, 1.54) is 23.1 Å². The Morgan fingerprint density at radius 1 is 1.43 bits per heavy atom. The van der Waals surface area contributed by atoms with Gasteiger partial charge >= 0.3 is 0 Å². The summed E-state index contributed by atoms with van der Waals surface area (Å²) in [7, 11) is 3.48. The molecule has 1 amide bonds. The van der Waals surface area contributed by atoms with Gasteiger partial charge in [0.05, 0.1) is 12.1 Å². The highest BCUT2D eigenvalue weighted by molar-refractivity contribution is 7.98. The van der Waals surface area contributed by atoms with Crippen molar-refractivity contribution in [3.63, 3.8) is 0 Å². The molecule has 3 rings (SSSR count). The third-order valence-corrected chi connectivity index (χ3v) is 4.73. The standard InChI is InChI=1S/C14H15N5O2S2/c1-19(2)12(20)6-11-16-9(7-22-11)8-23-14-18-17-13(21-14)10-4-3-5-15-10/h3-5,7,15H,6,8H2,1-2H3. The molecular weight excluding hydrogens is 334 g/mol. The van der Waals surface area contributed by atoms with E-state index in [1.807, 2.05) is 17.5 Å². The van der Waals surface area contributed by atoms with Crippen LogP contribution in [0.1, 0.15) is 10.7 Å². The van der Waals surface area contributed by atoms with Gasteiger partial charge in [-0.2, -0.15) is 0 Å². The van der Waals surface area contributed by atoms with Crippen molar-refractivity contribution >= 4 is 29.0 Å². The van der Waals surface area contributed by atoms with Crippen LogP contribution >= 0.6 is 23.1 Å². The van der Waals surface area contributed by atoms with Crippen LogP contribution in [0.15, 0.2) is 33.3 Å². The van der Waals surface area contributed by atoms with Gasteiger partial charge < -0.3 is 14.3 Å². The molecule has 0 radical (unpaired) electrons. The number of rotatable bonds is 6. The molecule has 0 bridgehead atoms. The fourth-order valence-electron chi connectivity index (χ4n) is 1.76. The van der Waals surface area contributed by atoms with Crippen LogP contribution in [0, 0.1) is 0 Å². The summed E-state index contributed by atoms with van der Waals surface area (Å²) >= 11 is 2.91. The molecule has 3 aromatic heterocycles. The molecule has 9 heteroatoms. The molecule has 7 nitrogen and oxygen atoms in total. The molecule has 0 fully saturated rings. The van der Waals surface area contributed by atoms with Gasteiger partial charge in [-0.3, -0.25) is 4.79 Å². The molecule has 3 heterocycles. The Hall–Kier alpha value is -2.13. The number of hydrogen-bond donors (Lipinski definition) is 1. The van der Waals surface area contributed by atoms with Gasteiger partial charge in [0.1, 0.15) is 10.7 Å². The van der Waals surface area contributed by atoms with Crippen molar-refractivity contribution < 1.29 is 9.21 Å². The highest BCUT2D eigenvalue weighted by Gasteiger charge is 2.12. The van der Waals surface area contributed by atoms with Crippen LogP contribution in [-0.2, 0) is 17.0 Å². The molecule has 3 aromatic rings. The van der Waals surface area contributed by atoms with Gasteiger partial charge in [-0.15, -0.1) is 21.5 Å². The Kier molecular flexibility index (Phi) is 4.77. The predicted octanol–water partition coefficient (Wildman–Crippen LogP) is 2.44. The van der Waals surface area contributed by atoms with Crippen LogP contribution in [0.3, 0.4) is 0 Å². The zero-order valence-electron chi connectivity index (χ0n) is 12.6. The summed E-state index contributed by atoms with van der Waals surface area (Å²) in [5, 5.41) is 11.3. The van der Waals surface area contributed by atoms with Crippen molar-refractivity contribution in [2.45, 2.75) is 17.4 Å². The van der Waals surface area contributed by atoms with E-state index in [4.69, 9.17) is 4.42 Å². The Balaban J connectivity index is 1.57. The Morgan fingerprint density at radius 2 is 2.30 bits per heavy atom. The van der Waals surface area contributed by atoms with Crippen LogP contribution in [-0.4, -0.2) is 45.1 Å². The number of nitrogens with one attached hydrogen (secondary N) is 1. The third kappa shape index (κ3) is 3.99. The van der Waals surface area contributed by atoms with Crippen LogP contribution in [0.4, 0.5) is 0 Å². The average molecular weight is 349 g/mol. The summed E-state index contributed by atoms with van der Waals surface area (Å²) in [4.78, 5) is 20.7. The van der Waals surface area contributed by atoms with E-state index in [0.717, 1.165) is 16.4 Å². The molecule has 1 N–H and O–H groups in total. The Labute approximate surface area is 141 Å². The summed E-state index contributed by atoms with van der Waals surface area (Å²) in [6.45, 7) is 0. The van der Waals surface area contributed by atoms with E-state index in [-0.39, 0.29) is 5.91 Å². The first kappa shape index (κ1) is 15.8. The summed E-state index contributed by atoms with van der Waals surface area (Å²) < 4.78 is 5.58. The highest BCUT2D eigenvalue weighted by Crippen LogP contribution is 2.25. The maximum absolute atomic E-state index is 11.7. The van der Waals surface area contributed by atoms with Gasteiger partial charge in [0, 0.05) is 31.4 Å². The van der Waals surface area contributed by atoms with Gasteiger partial charge in [-0.25, -0.2) is 4.98 Å². The fourth-order valence-corrected chi connectivity index (χ4v) is 3.31. The van der Waals surface area contributed by atoms with Crippen LogP contribution in [0.25, 0.3) is 11.6 Å². The number of nitrogens with zero attached hydrogens (tertiary/aromatic N) is 4. The van der Waals surface area contributed by atoms with Crippen molar-refractivity contribution in [1.29, 1.82) is 0 Å². The van der Waals surface area contributed by atoms with E-state index in [9.17, 15) is 4.79 Å². The van der Waals surface area contributed by atoms with Gasteiger partial charge in [-0.1, -0.05) is 11.8 Å². The van der Waals surface area contributed by atoms with Gasteiger partial charge in [0.25, 0.3) is 11.1 Å². The molecule has 23 heavy (non-hydrogen) atoms. The summed E-state index contributed by atoms with van der Waals surface area (Å²) in [6, 6.07) is 3.74. The average Bonchev–Trinajstić information content (AvgIpc) is 3.26. The molecule has 0 aliphatic carbocycles. The number of aromatic amines is 1. The van der Waals surface area contributed by atoms with Crippen LogP contribution in [0.2, 0.25) is 0 Å². The van der Waals surface area contributed by atoms with Crippen LogP contribution in [0.5, 0.6) is 0 Å². The topological polar surface area (TPSA) is 87.9 Å². The summed E-state index contributed by atoms with van der Waals surface area (Å²) in [6.07, 6.45) is 2.14. The lowest BCUT2D eigenvalue weighted by Gasteiger charge is -2.07. The number of thioether (sulfide) groups is 1. The lowest BCUT2D eigenvalue weighted by Crippen LogP contribution is -2.23. The molecule has 0 unspecified atom stereocenters. The summed E-state index contributed by atoms with van der Waals surface area (Å²) in [5.74, 6) is 1.14. The second-order valence-corrected chi connectivity index (χ2v) is 6.81. The van der Waals surface area contributed by atoms with Crippen molar-refractivity contribution in [2.24, 2.45) is 0 Å². The van der Waals surface area contributed by atoms with E-state index in [0.29, 0.717) is 23.3 Å². The quantitative estimate of drug-likeness (QED) is 0.688. The van der Waals surface area contributed by atoms with Crippen molar-refractivity contribution in [1.82, 2.24) is 25.1 Å². The fraction of sp³-hybridized carbons (Fsp3) is 0.286. The number of carbonyl (C=O) groups is 1. The van der Waals surface area contributed by atoms with E-state index in [2.05, 4.69) is 20.2 Å². The lowest BCUT2D eigenvalue weighted by atomic mass is 10.4. The first-order chi connectivity index (χ1) is 11.1. The smallest absolute Gasteiger partial charge is 0.277 e. The first-order valence-electron chi connectivity index (χ1n) is 6.85. The SMILES string of the molecule is CN(C)C(=O)Cc1nc(CSc2nnc(-c3ccc[nH]3)o2)cs1. The minimum Gasteiger partial charge on any atom is -0.410 e. The number of aromatic nitrogens is 4. The largest absolute Gasteiger partial charge is 0.410 e. The lowest BCUT2D eigenvalue weighted by molar-refractivity contribution is -0.127. The van der Waals surface area contributed by atoms with Gasteiger partial charge in [-0.05, 0) is 12.1 Å². The first-order valence-corrected chi connectivity index (χ1v) is 8.72. The zero-order chi connectivity index (χ0) is 16.2. The molecule has 0 atom stereocenters. The van der Waals surface area contributed by atoms with Gasteiger partial charge in [0.15, 0.2) is 0 Å². The second-order valence-electron chi connectivity index (χ2n) is 4.94. The number of likely N-dealkylation sites (N-methyl/N-ethyl adjacent to an activating group) is 1.